The second-order valence-corrected chi connectivity index (χ2v) is 6.83. The molecule has 10 heteroatoms. The van der Waals surface area contributed by atoms with Gasteiger partial charge >= 0.3 is 0 Å². The van der Waals surface area contributed by atoms with Gasteiger partial charge in [0.1, 0.15) is 0 Å². The zero-order chi connectivity index (χ0) is 16.8. The Morgan fingerprint density at radius 1 is 1.29 bits per heavy atom. The van der Waals surface area contributed by atoms with E-state index in [1.54, 1.807) is 0 Å². The lowest BCUT2D eigenvalue weighted by Crippen LogP contribution is -2.29. The molecule has 0 radical (unpaired) electrons. The molecule has 2 aromatic rings. The van der Waals surface area contributed by atoms with Crippen molar-refractivity contribution in [2.75, 3.05) is 31.3 Å². The summed E-state index contributed by atoms with van der Waals surface area (Å²) in [6.07, 6.45) is -0.991. The molecule has 1 aromatic heterocycles. The summed E-state index contributed by atoms with van der Waals surface area (Å²) in [6, 6.07) is 1.36. The number of hydrogen-bond acceptors (Lipinski definition) is 8. The van der Waals surface area contributed by atoms with Crippen LogP contribution in [0.4, 0.5) is 14.6 Å². The van der Waals surface area contributed by atoms with Gasteiger partial charge in [-0.2, -0.15) is 4.39 Å². The third-order valence-corrected chi connectivity index (χ3v) is 5.17. The number of aliphatic hydroxyl groups is 2. The Hall–Kier alpha value is -1.46. The topological polar surface area (TPSA) is 88.2 Å². The maximum absolute atomic E-state index is 14.3. The van der Waals surface area contributed by atoms with Gasteiger partial charge in [0.15, 0.2) is 23.5 Å². The summed E-state index contributed by atoms with van der Waals surface area (Å²) in [4.78, 5) is 1.47. The van der Waals surface area contributed by atoms with Crippen molar-refractivity contribution < 1.29 is 33.0 Å². The molecular weight excluding hydrogens is 346 g/mol. The molecule has 1 aromatic carbocycles. The van der Waals surface area contributed by atoms with Crippen molar-refractivity contribution in [1.29, 1.82) is 0 Å². The maximum atomic E-state index is 14.3. The fourth-order valence-corrected chi connectivity index (χ4v) is 3.84. The Morgan fingerprint density at radius 2 is 2.04 bits per heavy atom. The van der Waals surface area contributed by atoms with E-state index in [0.717, 1.165) is 11.8 Å². The van der Waals surface area contributed by atoms with Crippen LogP contribution in [0.5, 0.6) is 0 Å². The first-order chi connectivity index (χ1) is 11.6. The maximum Gasteiger partial charge on any atom is 0.207 e. The molecule has 0 bridgehead atoms. The van der Waals surface area contributed by atoms with Gasteiger partial charge in [-0.25, -0.2) is 4.39 Å². The van der Waals surface area contributed by atoms with Crippen LogP contribution in [0.2, 0.25) is 0 Å². The molecular formula is C14H14F2N2O5S. The summed E-state index contributed by atoms with van der Waals surface area (Å²) in [5.41, 5.74) is -1.39. The highest BCUT2D eigenvalue weighted by atomic mass is 32.2. The summed E-state index contributed by atoms with van der Waals surface area (Å²) in [5.74, 6) is -2.11. The van der Waals surface area contributed by atoms with Gasteiger partial charge in [0, 0.05) is 17.4 Å². The van der Waals surface area contributed by atoms with Crippen LogP contribution < -0.4 is 4.90 Å². The van der Waals surface area contributed by atoms with Gasteiger partial charge < -0.3 is 29.1 Å². The number of nitrogens with zero attached hydrogens (tertiary/aromatic N) is 2. The van der Waals surface area contributed by atoms with Crippen molar-refractivity contribution in [2.24, 2.45) is 0 Å². The van der Waals surface area contributed by atoms with Crippen molar-refractivity contribution in [2.45, 2.75) is 17.1 Å². The Kier molecular flexibility index (Phi) is 4.09. The van der Waals surface area contributed by atoms with Gasteiger partial charge in [-0.15, -0.1) is 11.8 Å². The van der Waals surface area contributed by atoms with E-state index in [1.165, 1.54) is 11.0 Å². The van der Waals surface area contributed by atoms with E-state index in [4.69, 9.17) is 14.0 Å². The number of benzene rings is 1. The van der Waals surface area contributed by atoms with Crippen molar-refractivity contribution in [3.63, 3.8) is 0 Å². The standard InChI is InChI=1S/C14H14F2N2O5S/c15-9-7(13-21-1-2-22-13)3-8-11(10(9)16)23-17-12(8)18-4-6(5-19)24-14(18)20/h3,6,13-14,19-20H,1-2,4-5H2/t6-,14?/m1/s1. The Morgan fingerprint density at radius 3 is 2.71 bits per heavy atom. The highest BCUT2D eigenvalue weighted by Crippen LogP contribution is 2.39. The number of ether oxygens (including phenoxy) is 2. The molecule has 24 heavy (non-hydrogen) atoms. The van der Waals surface area contributed by atoms with Crippen LogP contribution in [0.15, 0.2) is 10.6 Å². The predicted octanol–water partition coefficient (Wildman–Crippen LogP) is 1.34. The Bertz CT molecular complexity index is 767. The highest BCUT2D eigenvalue weighted by molar-refractivity contribution is 8.00. The molecule has 2 N–H and O–H groups in total. The van der Waals surface area contributed by atoms with E-state index >= 15 is 0 Å². The van der Waals surface area contributed by atoms with Crippen molar-refractivity contribution in [3.8, 4) is 0 Å². The van der Waals surface area contributed by atoms with Crippen molar-refractivity contribution in [1.82, 2.24) is 5.16 Å². The van der Waals surface area contributed by atoms with Gasteiger partial charge in [-0.1, -0.05) is 5.16 Å². The van der Waals surface area contributed by atoms with E-state index in [-0.39, 0.29) is 34.2 Å². The molecule has 0 spiro atoms. The number of fused-ring (bicyclic) bond motifs is 1. The average molecular weight is 360 g/mol. The molecule has 4 rings (SSSR count). The fourth-order valence-electron chi connectivity index (χ4n) is 2.83. The monoisotopic (exact) mass is 360 g/mol. The number of halogens is 2. The quantitative estimate of drug-likeness (QED) is 0.848. The second-order valence-electron chi connectivity index (χ2n) is 5.47. The van der Waals surface area contributed by atoms with Crippen LogP contribution in [0.1, 0.15) is 11.9 Å². The summed E-state index contributed by atoms with van der Waals surface area (Å²) in [6.45, 7) is 0.764. The summed E-state index contributed by atoms with van der Waals surface area (Å²) in [7, 11) is 0. The van der Waals surface area contributed by atoms with E-state index in [0.29, 0.717) is 19.8 Å². The molecule has 2 aliphatic heterocycles. The number of rotatable bonds is 3. The van der Waals surface area contributed by atoms with Crippen LogP contribution in [0, 0.1) is 11.6 Å². The number of aliphatic hydroxyl groups excluding tert-OH is 2. The second kappa shape index (κ2) is 6.12. The van der Waals surface area contributed by atoms with E-state index in [1.807, 2.05) is 0 Å². The SMILES string of the molecule is OC[C@H]1CN(c2noc3c(F)c(F)c(C4OCCO4)cc23)C(O)S1. The van der Waals surface area contributed by atoms with Crippen molar-refractivity contribution in [3.05, 3.63) is 23.3 Å². The molecule has 3 heterocycles. The lowest BCUT2D eigenvalue weighted by molar-refractivity contribution is -0.0467. The van der Waals surface area contributed by atoms with Crippen LogP contribution in [0.3, 0.4) is 0 Å². The summed E-state index contributed by atoms with van der Waals surface area (Å²) < 4.78 is 44.0. The minimum atomic E-state index is -1.18. The van der Waals surface area contributed by atoms with Crippen LogP contribution >= 0.6 is 11.8 Å². The first-order valence-corrected chi connectivity index (χ1v) is 8.26. The largest absolute Gasteiger partial charge is 0.395 e. The molecule has 2 saturated heterocycles. The van der Waals surface area contributed by atoms with Gasteiger partial charge in [0.2, 0.25) is 11.4 Å². The van der Waals surface area contributed by atoms with Gasteiger partial charge in [-0.05, 0) is 6.07 Å². The number of anilines is 1. The predicted molar refractivity (Wildman–Crippen MR) is 80.4 cm³/mol. The molecule has 7 nitrogen and oxygen atoms in total. The van der Waals surface area contributed by atoms with Crippen LogP contribution in [0.25, 0.3) is 11.0 Å². The molecule has 1 unspecified atom stereocenters. The van der Waals surface area contributed by atoms with Gasteiger partial charge in [-0.3, -0.25) is 0 Å². The molecule has 130 valence electrons. The first-order valence-electron chi connectivity index (χ1n) is 7.31. The van der Waals surface area contributed by atoms with E-state index in [9.17, 15) is 19.0 Å². The molecule has 0 aliphatic carbocycles. The minimum Gasteiger partial charge on any atom is -0.395 e. The first kappa shape index (κ1) is 16.0. The fraction of sp³-hybridized carbons (Fsp3) is 0.500. The van der Waals surface area contributed by atoms with Gasteiger partial charge in [0.25, 0.3) is 0 Å². The lowest BCUT2D eigenvalue weighted by atomic mass is 10.1. The Labute approximate surface area is 139 Å². The minimum absolute atomic E-state index is 0.0815. The average Bonchev–Trinajstić information content (AvgIpc) is 3.29. The zero-order valence-electron chi connectivity index (χ0n) is 12.3. The number of thioether (sulfide) groups is 1. The molecule has 2 atom stereocenters. The smallest absolute Gasteiger partial charge is 0.207 e. The lowest BCUT2D eigenvalue weighted by Gasteiger charge is -2.18. The van der Waals surface area contributed by atoms with Crippen LogP contribution in [-0.4, -0.2) is 52.5 Å². The molecule has 2 aliphatic rings. The molecule has 2 fully saturated rings. The molecule has 0 saturated carbocycles. The van der Waals surface area contributed by atoms with Gasteiger partial charge in [0.05, 0.1) is 25.2 Å². The molecule has 0 amide bonds. The van der Waals surface area contributed by atoms with Crippen molar-refractivity contribution >= 4 is 28.5 Å². The summed E-state index contributed by atoms with van der Waals surface area (Å²) in [5, 5.41) is 23.1. The number of aromatic nitrogens is 1. The zero-order valence-corrected chi connectivity index (χ0v) is 13.1. The number of hydrogen-bond donors (Lipinski definition) is 2. The third kappa shape index (κ3) is 2.45. The van der Waals surface area contributed by atoms with E-state index in [2.05, 4.69) is 5.16 Å². The third-order valence-electron chi connectivity index (χ3n) is 3.99. The highest BCUT2D eigenvalue weighted by Gasteiger charge is 2.35. The van der Waals surface area contributed by atoms with E-state index < -0.39 is 23.5 Å². The Balaban J connectivity index is 1.80. The normalized spacial score (nSPS) is 25.2. The van der Waals surface area contributed by atoms with Crippen LogP contribution in [-0.2, 0) is 9.47 Å². The summed E-state index contributed by atoms with van der Waals surface area (Å²) >= 11 is 1.15.